The molecule has 0 spiro atoms. The summed E-state index contributed by atoms with van der Waals surface area (Å²) in [7, 11) is 0. The third kappa shape index (κ3) is 3.39. The van der Waals surface area contributed by atoms with Crippen LogP contribution in [0.4, 0.5) is 13.2 Å². The van der Waals surface area contributed by atoms with E-state index in [-0.39, 0.29) is 25.4 Å². The van der Waals surface area contributed by atoms with Gasteiger partial charge in [-0.05, 0) is 18.8 Å². The van der Waals surface area contributed by atoms with Gasteiger partial charge < -0.3 is 10.0 Å². The molecule has 1 rings (SSSR count). The zero-order valence-corrected chi connectivity index (χ0v) is 8.46. The molecule has 0 unspecified atom stereocenters. The van der Waals surface area contributed by atoms with Gasteiger partial charge in [-0.3, -0.25) is 9.59 Å². The number of alkyl halides is 3. The third-order valence-electron chi connectivity index (χ3n) is 2.51. The smallest absolute Gasteiger partial charge is 0.471 e. The van der Waals surface area contributed by atoms with Crippen LogP contribution >= 0.6 is 0 Å². The van der Waals surface area contributed by atoms with Gasteiger partial charge in [-0.1, -0.05) is 0 Å². The van der Waals surface area contributed by atoms with E-state index in [1.807, 2.05) is 0 Å². The molecule has 1 fully saturated rings. The summed E-state index contributed by atoms with van der Waals surface area (Å²) in [5, 5.41) is 8.52. The summed E-state index contributed by atoms with van der Waals surface area (Å²) in [5.74, 6) is -3.30. The van der Waals surface area contributed by atoms with Crippen molar-refractivity contribution in [1.82, 2.24) is 4.90 Å². The van der Waals surface area contributed by atoms with Crippen LogP contribution in [0, 0.1) is 5.92 Å². The lowest BCUT2D eigenvalue weighted by atomic mass is 9.95. The Morgan fingerprint density at radius 1 is 1.38 bits per heavy atom. The molecule has 1 N–H and O–H groups in total. The molecule has 1 aliphatic rings. The van der Waals surface area contributed by atoms with Gasteiger partial charge in [0, 0.05) is 19.5 Å². The molecular formula is C9H12F3NO3. The monoisotopic (exact) mass is 239 g/mol. The Hall–Kier alpha value is -1.27. The van der Waals surface area contributed by atoms with E-state index in [2.05, 4.69) is 0 Å². The maximum absolute atomic E-state index is 12.1. The van der Waals surface area contributed by atoms with Crippen molar-refractivity contribution in [2.75, 3.05) is 13.1 Å². The van der Waals surface area contributed by atoms with Crippen LogP contribution in [-0.4, -0.2) is 41.1 Å². The van der Waals surface area contributed by atoms with Gasteiger partial charge in [0.15, 0.2) is 0 Å². The molecule has 0 saturated carbocycles. The minimum absolute atomic E-state index is 0.0501. The largest absolute Gasteiger partial charge is 0.481 e. The minimum Gasteiger partial charge on any atom is -0.481 e. The van der Waals surface area contributed by atoms with Crippen molar-refractivity contribution in [3.63, 3.8) is 0 Å². The second-order valence-corrected chi connectivity index (χ2v) is 3.86. The van der Waals surface area contributed by atoms with Gasteiger partial charge in [0.2, 0.25) is 0 Å². The first-order valence-electron chi connectivity index (χ1n) is 4.88. The highest BCUT2D eigenvalue weighted by molar-refractivity contribution is 5.82. The fourth-order valence-corrected chi connectivity index (χ4v) is 1.84. The third-order valence-corrected chi connectivity index (χ3v) is 2.51. The van der Waals surface area contributed by atoms with Crippen LogP contribution < -0.4 is 0 Å². The van der Waals surface area contributed by atoms with E-state index >= 15 is 0 Å². The van der Waals surface area contributed by atoms with Crippen molar-refractivity contribution < 1.29 is 27.9 Å². The Kier molecular flexibility index (Phi) is 3.77. The Labute approximate surface area is 90.0 Å². The van der Waals surface area contributed by atoms with Crippen LogP contribution in [-0.2, 0) is 9.59 Å². The molecule has 1 heterocycles. The number of hydrogen-bond donors (Lipinski definition) is 1. The molecule has 92 valence electrons. The van der Waals surface area contributed by atoms with E-state index in [1.54, 1.807) is 0 Å². The molecule has 0 aromatic rings. The fourth-order valence-electron chi connectivity index (χ4n) is 1.84. The van der Waals surface area contributed by atoms with Gasteiger partial charge in [-0.25, -0.2) is 0 Å². The van der Waals surface area contributed by atoms with E-state index in [4.69, 9.17) is 5.11 Å². The SMILES string of the molecule is O=C(O)C[C@H]1CCCN(C(=O)C(F)(F)F)C1. The number of aliphatic carboxylic acids is 1. The number of hydrogen-bond acceptors (Lipinski definition) is 2. The molecule has 0 aromatic carbocycles. The average molecular weight is 239 g/mol. The van der Waals surface area contributed by atoms with Crippen LogP contribution in [0.2, 0.25) is 0 Å². The zero-order chi connectivity index (χ0) is 12.3. The van der Waals surface area contributed by atoms with Gasteiger partial charge in [-0.15, -0.1) is 0 Å². The Bertz CT molecular complexity index is 290. The second kappa shape index (κ2) is 4.71. The molecule has 0 aromatic heterocycles. The highest BCUT2D eigenvalue weighted by Gasteiger charge is 2.43. The molecule has 4 nitrogen and oxygen atoms in total. The van der Waals surface area contributed by atoms with Crippen LogP contribution in [0.1, 0.15) is 19.3 Å². The maximum atomic E-state index is 12.1. The lowest BCUT2D eigenvalue weighted by molar-refractivity contribution is -0.187. The minimum atomic E-state index is -4.87. The molecule has 0 bridgehead atoms. The first-order chi connectivity index (χ1) is 7.30. The summed E-state index contributed by atoms with van der Waals surface area (Å²) in [4.78, 5) is 22.0. The van der Waals surface area contributed by atoms with Crippen LogP contribution in [0.25, 0.3) is 0 Å². The summed E-state index contributed by atoms with van der Waals surface area (Å²) in [5.41, 5.74) is 0. The molecule has 1 amide bonds. The Morgan fingerprint density at radius 3 is 2.50 bits per heavy atom. The predicted octanol–water partition coefficient (Wildman–Crippen LogP) is 1.26. The molecule has 0 radical (unpaired) electrons. The lowest BCUT2D eigenvalue weighted by Crippen LogP contribution is -2.46. The number of rotatable bonds is 2. The van der Waals surface area contributed by atoms with Gasteiger partial charge >= 0.3 is 18.1 Å². The van der Waals surface area contributed by atoms with Crippen molar-refractivity contribution in [2.24, 2.45) is 5.92 Å². The van der Waals surface area contributed by atoms with E-state index in [9.17, 15) is 22.8 Å². The summed E-state index contributed by atoms with van der Waals surface area (Å²) in [6.07, 6.45) is -4.10. The molecule has 1 atom stereocenters. The maximum Gasteiger partial charge on any atom is 0.471 e. The van der Waals surface area contributed by atoms with Crippen LogP contribution in [0.15, 0.2) is 0 Å². The van der Waals surface area contributed by atoms with E-state index < -0.39 is 18.1 Å². The quantitative estimate of drug-likeness (QED) is 0.789. The van der Waals surface area contributed by atoms with Crippen molar-refractivity contribution in [3.05, 3.63) is 0 Å². The summed E-state index contributed by atoms with van der Waals surface area (Å²) < 4.78 is 36.3. The number of likely N-dealkylation sites (tertiary alicyclic amines) is 1. The number of halogens is 3. The second-order valence-electron chi connectivity index (χ2n) is 3.86. The molecule has 7 heteroatoms. The fraction of sp³-hybridized carbons (Fsp3) is 0.778. The molecule has 1 saturated heterocycles. The average Bonchev–Trinajstić information content (AvgIpc) is 2.14. The number of carbonyl (C=O) groups is 2. The van der Waals surface area contributed by atoms with Crippen molar-refractivity contribution in [1.29, 1.82) is 0 Å². The standard InChI is InChI=1S/C9H12F3NO3/c10-9(11,12)8(16)13-3-1-2-6(5-13)4-7(14)15/h6H,1-5H2,(H,14,15)/t6-/m1/s1. The van der Waals surface area contributed by atoms with Gasteiger partial charge in [0.25, 0.3) is 0 Å². The van der Waals surface area contributed by atoms with E-state index in [0.717, 1.165) is 0 Å². The Balaban J connectivity index is 2.57. The van der Waals surface area contributed by atoms with Gasteiger partial charge in [-0.2, -0.15) is 13.2 Å². The normalized spacial score (nSPS) is 21.9. The highest BCUT2D eigenvalue weighted by atomic mass is 19.4. The van der Waals surface area contributed by atoms with Gasteiger partial charge in [0.05, 0.1) is 0 Å². The summed E-state index contributed by atoms with van der Waals surface area (Å²) >= 11 is 0. The van der Waals surface area contributed by atoms with Crippen LogP contribution in [0.3, 0.4) is 0 Å². The molecule has 16 heavy (non-hydrogen) atoms. The number of amides is 1. The first-order valence-corrected chi connectivity index (χ1v) is 4.88. The Morgan fingerprint density at radius 2 is 2.00 bits per heavy atom. The predicted molar refractivity (Wildman–Crippen MR) is 47.6 cm³/mol. The number of carboxylic acids is 1. The van der Waals surface area contributed by atoms with E-state index in [1.165, 1.54) is 0 Å². The van der Waals surface area contributed by atoms with Crippen molar-refractivity contribution in [3.8, 4) is 0 Å². The molecule has 0 aliphatic carbocycles. The number of piperidine rings is 1. The van der Waals surface area contributed by atoms with Crippen molar-refractivity contribution >= 4 is 11.9 Å². The lowest BCUT2D eigenvalue weighted by Gasteiger charge is -2.32. The summed E-state index contributed by atoms with van der Waals surface area (Å²) in [6.45, 7) is -0.0703. The number of carbonyl (C=O) groups excluding carboxylic acids is 1. The van der Waals surface area contributed by atoms with Crippen molar-refractivity contribution in [2.45, 2.75) is 25.4 Å². The number of nitrogens with zero attached hydrogens (tertiary/aromatic N) is 1. The first kappa shape index (κ1) is 12.8. The van der Waals surface area contributed by atoms with Gasteiger partial charge in [0.1, 0.15) is 0 Å². The van der Waals surface area contributed by atoms with Crippen LogP contribution in [0.5, 0.6) is 0 Å². The summed E-state index contributed by atoms with van der Waals surface area (Å²) in [6, 6.07) is 0. The zero-order valence-electron chi connectivity index (χ0n) is 8.46. The number of carboxylic acid groups (broad SMARTS) is 1. The molecule has 1 aliphatic heterocycles. The van der Waals surface area contributed by atoms with E-state index in [0.29, 0.717) is 17.7 Å². The highest BCUT2D eigenvalue weighted by Crippen LogP contribution is 2.25. The topological polar surface area (TPSA) is 57.6 Å². The molecular weight excluding hydrogens is 227 g/mol.